The van der Waals surface area contributed by atoms with Crippen molar-refractivity contribution in [1.82, 2.24) is 5.32 Å². The van der Waals surface area contributed by atoms with E-state index < -0.39 is 12.8 Å². The fourth-order valence-corrected chi connectivity index (χ4v) is 1.63. The molecule has 0 fully saturated rings. The first kappa shape index (κ1) is 17.7. The lowest BCUT2D eigenvalue weighted by molar-refractivity contribution is -0.174. The van der Waals surface area contributed by atoms with Crippen molar-refractivity contribution in [3.8, 4) is 0 Å². The number of rotatable bonds is 9. The van der Waals surface area contributed by atoms with E-state index in [-0.39, 0.29) is 12.0 Å². The van der Waals surface area contributed by atoms with Crippen LogP contribution in [0.5, 0.6) is 0 Å². The molecule has 0 aliphatic rings. The zero-order valence-corrected chi connectivity index (χ0v) is 11.9. The first-order valence-electron chi connectivity index (χ1n) is 6.48. The third-order valence-corrected chi connectivity index (χ3v) is 2.56. The summed E-state index contributed by atoms with van der Waals surface area (Å²) in [4.78, 5) is 0. The van der Waals surface area contributed by atoms with Crippen molar-refractivity contribution in [2.24, 2.45) is 11.3 Å². The molecule has 0 amide bonds. The third kappa shape index (κ3) is 12.2. The zero-order chi connectivity index (χ0) is 14.2. The molecule has 0 aliphatic carbocycles. The fraction of sp³-hybridized carbons (Fsp3) is 1.00. The fourth-order valence-electron chi connectivity index (χ4n) is 1.63. The van der Waals surface area contributed by atoms with E-state index in [4.69, 9.17) is 0 Å². The molecule has 0 aromatic heterocycles. The first-order valence-corrected chi connectivity index (χ1v) is 6.48. The number of halogens is 3. The summed E-state index contributed by atoms with van der Waals surface area (Å²) < 4.78 is 40.1. The van der Waals surface area contributed by atoms with Crippen LogP contribution in [0.1, 0.15) is 40.5 Å². The van der Waals surface area contributed by atoms with Gasteiger partial charge in [-0.3, -0.25) is 0 Å². The molecule has 0 atom stereocenters. The molecule has 0 saturated carbocycles. The number of nitrogens with one attached hydrogen (secondary N) is 1. The highest BCUT2D eigenvalue weighted by Gasteiger charge is 2.27. The Kier molecular flexibility index (Phi) is 7.87. The van der Waals surface area contributed by atoms with E-state index in [9.17, 15) is 13.2 Å². The third-order valence-electron chi connectivity index (χ3n) is 2.56. The summed E-state index contributed by atoms with van der Waals surface area (Å²) in [6.45, 7) is 9.40. The Bertz CT molecular complexity index is 215. The van der Waals surface area contributed by atoms with E-state index in [0.717, 1.165) is 19.5 Å². The second-order valence-electron chi connectivity index (χ2n) is 5.96. The predicted octanol–water partition coefficient (Wildman–Crippen LogP) is 3.62. The highest BCUT2D eigenvalue weighted by molar-refractivity contribution is 4.71. The maximum atomic E-state index is 11.8. The van der Waals surface area contributed by atoms with Crippen molar-refractivity contribution in [2.75, 3.05) is 26.3 Å². The maximum Gasteiger partial charge on any atom is 0.411 e. The Morgan fingerprint density at radius 3 is 2.28 bits per heavy atom. The number of hydrogen-bond acceptors (Lipinski definition) is 2. The quantitative estimate of drug-likeness (QED) is 0.646. The molecular weight excluding hydrogens is 243 g/mol. The smallest absolute Gasteiger partial charge is 0.372 e. The van der Waals surface area contributed by atoms with Crippen LogP contribution < -0.4 is 5.32 Å². The van der Waals surface area contributed by atoms with Gasteiger partial charge < -0.3 is 10.1 Å². The van der Waals surface area contributed by atoms with Gasteiger partial charge in [0.25, 0.3) is 0 Å². The molecule has 0 radical (unpaired) electrons. The van der Waals surface area contributed by atoms with Crippen LogP contribution in [-0.2, 0) is 4.74 Å². The summed E-state index contributed by atoms with van der Waals surface area (Å²) in [5.41, 5.74) is 0.0937. The Hall–Kier alpha value is -0.290. The summed E-state index contributed by atoms with van der Waals surface area (Å²) in [5.74, 6) is 0.607. The predicted molar refractivity (Wildman–Crippen MR) is 67.6 cm³/mol. The summed E-state index contributed by atoms with van der Waals surface area (Å²) in [6.07, 6.45) is -2.70. The molecule has 1 N–H and O–H groups in total. The minimum Gasteiger partial charge on any atom is -0.372 e. The highest BCUT2D eigenvalue weighted by atomic mass is 19.4. The van der Waals surface area contributed by atoms with Crippen LogP contribution in [0.3, 0.4) is 0 Å². The van der Waals surface area contributed by atoms with Gasteiger partial charge in [0, 0.05) is 13.2 Å². The molecule has 0 aromatic carbocycles. The highest BCUT2D eigenvalue weighted by Crippen LogP contribution is 2.21. The van der Waals surface area contributed by atoms with E-state index >= 15 is 0 Å². The van der Waals surface area contributed by atoms with Crippen molar-refractivity contribution in [2.45, 2.75) is 46.7 Å². The molecule has 0 bridgehead atoms. The van der Waals surface area contributed by atoms with Gasteiger partial charge in [-0.25, -0.2) is 0 Å². The summed E-state index contributed by atoms with van der Waals surface area (Å²) >= 11 is 0. The summed E-state index contributed by atoms with van der Waals surface area (Å²) in [5, 5.41) is 3.37. The number of ether oxygens (including phenoxy) is 1. The largest absolute Gasteiger partial charge is 0.411 e. The van der Waals surface area contributed by atoms with E-state index in [1.54, 1.807) is 0 Å². The standard InChI is InChI=1S/C13H26F3NO/c1-11(2)8-17-9-12(3,4)6-5-7-18-10-13(14,15)16/h11,17H,5-10H2,1-4H3. The molecule has 0 rings (SSSR count). The van der Waals surface area contributed by atoms with Gasteiger partial charge in [0.05, 0.1) is 0 Å². The van der Waals surface area contributed by atoms with Gasteiger partial charge >= 0.3 is 6.18 Å². The Morgan fingerprint density at radius 1 is 1.17 bits per heavy atom. The van der Waals surface area contributed by atoms with Crippen LogP contribution in [0.15, 0.2) is 0 Å². The van der Waals surface area contributed by atoms with Gasteiger partial charge in [-0.1, -0.05) is 27.7 Å². The molecule has 18 heavy (non-hydrogen) atoms. The monoisotopic (exact) mass is 269 g/mol. The van der Waals surface area contributed by atoms with E-state index in [1.807, 2.05) is 0 Å². The van der Waals surface area contributed by atoms with Gasteiger partial charge in [0.15, 0.2) is 0 Å². The second kappa shape index (κ2) is 8.00. The van der Waals surface area contributed by atoms with Gasteiger partial charge in [0.2, 0.25) is 0 Å². The van der Waals surface area contributed by atoms with E-state index in [1.165, 1.54) is 0 Å². The van der Waals surface area contributed by atoms with E-state index in [0.29, 0.717) is 12.3 Å². The van der Waals surface area contributed by atoms with Crippen LogP contribution in [0.2, 0.25) is 0 Å². The summed E-state index contributed by atoms with van der Waals surface area (Å²) in [6, 6.07) is 0. The zero-order valence-electron chi connectivity index (χ0n) is 11.9. The molecule has 5 heteroatoms. The van der Waals surface area contributed by atoms with Crippen LogP contribution in [0.25, 0.3) is 0 Å². The van der Waals surface area contributed by atoms with Gasteiger partial charge in [-0.2, -0.15) is 13.2 Å². The Labute approximate surface area is 108 Å². The number of hydrogen-bond donors (Lipinski definition) is 1. The van der Waals surface area contributed by atoms with Crippen LogP contribution in [0.4, 0.5) is 13.2 Å². The molecule has 0 aliphatic heterocycles. The first-order chi connectivity index (χ1) is 8.12. The van der Waals surface area contributed by atoms with Crippen LogP contribution in [-0.4, -0.2) is 32.5 Å². The lowest BCUT2D eigenvalue weighted by Crippen LogP contribution is -2.32. The number of alkyl halides is 3. The molecule has 0 heterocycles. The topological polar surface area (TPSA) is 21.3 Å². The SMILES string of the molecule is CC(C)CNCC(C)(C)CCCOCC(F)(F)F. The lowest BCUT2D eigenvalue weighted by Gasteiger charge is -2.25. The Balaban J connectivity index is 3.58. The van der Waals surface area contributed by atoms with Crippen molar-refractivity contribution >= 4 is 0 Å². The minimum absolute atomic E-state index is 0.0937. The minimum atomic E-state index is -4.21. The van der Waals surface area contributed by atoms with Gasteiger partial charge in [0.1, 0.15) is 6.61 Å². The average molecular weight is 269 g/mol. The molecular formula is C13H26F3NO. The molecule has 0 aromatic rings. The summed E-state index contributed by atoms with van der Waals surface area (Å²) in [7, 11) is 0. The van der Waals surface area contributed by atoms with Crippen molar-refractivity contribution in [1.29, 1.82) is 0 Å². The van der Waals surface area contributed by atoms with Crippen molar-refractivity contribution in [3.05, 3.63) is 0 Å². The second-order valence-corrected chi connectivity index (χ2v) is 5.96. The van der Waals surface area contributed by atoms with Crippen molar-refractivity contribution in [3.63, 3.8) is 0 Å². The van der Waals surface area contributed by atoms with Gasteiger partial charge in [-0.05, 0) is 30.7 Å². The molecule has 110 valence electrons. The lowest BCUT2D eigenvalue weighted by atomic mass is 9.88. The van der Waals surface area contributed by atoms with E-state index in [2.05, 4.69) is 37.7 Å². The molecule has 0 saturated heterocycles. The molecule has 0 unspecified atom stereocenters. The maximum absolute atomic E-state index is 11.8. The van der Waals surface area contributed by atoms with Crippen LogP contribution >= 0.6 is 0 Å². The average Bonchev–Trinajstić information content (AvgIpc) is 2.13. The molecule has 0 spiro atoms. The normalized spacial score (nSPS) is 13.3. The van der Waals surface area contributed by atoms with Crippen molar-refractivity contribution < 1.29 is 17.9 Å². The Morgan fingerprint density at radius 2 is 1.78 bits per heavy atom. The van der Waals surface area contributed by atoms with Gasteiger partial charge in [-0.15, -0.1) is 0 Å². The van der Waals surface area contributed by atoms with Crippen LogP contribution in [0, 0.1) is 11.3 Å². The molecule has 2 nitrogen and oxygen atoms in total.